The largest absolute Gasteiger partial charge is 0.483 e. The van der Waals surface area contributed by atoms with Crippen LogP contribution >= 0.6 is 11.6 Å². The summed E-state index contributed by atoms with van der Waals surface area (Å²) >= 11 is 5.89. The minimum Gasteiger partial charge on any atom is -0.483 e. The molecule has 3 N–H and O–H groups in total. The standard InChI is InChI=1S/C12H17ClN2O2/c1-2-15-12(16)8-17-11-4-3-10(13)7-9(11)5-6-14/h3-4,7H,2,5-6,8,14H2,1H3,(H,15,16). The Balaban J connectivity index is 2.66. The van der Waals surface area contributed by atoms with Gasteiger partial charge < -0.3 is 15.8 Å². The zero-order chi connectivity index (χ0) is 12.7. The van der Waals surface area contributed by atoms with Crippen LogP contribution in [0, 0.1) is 0 Å². The SMILES string of the molecule is CCNC(=O)COc1ccc(Cl)cc1CCN. The molecule has 1 aromatic carbocycles. The Bertz CT molecular complexity index is 383. The second-order valence-corrected chi connectivity index (χ2v) is 3.97. The average Bonchev–Trinajstić information content (AvgIpc) is 2.29. The molecule has 0 fully saturated rings. The number of carbonyl (C=O) groups excluding carboxylic acids is 1. The highest BCUT2D eigenvalue weighted by molar-refractivity contribution is 6.30. The number of nitrogens with one attached hydrogen (secondary N) is 1. The molecule has 0 spiro atoms. The van der Waals surface area contributed by atoms with Crippen LogP contribution in [-0.4, -0.2) is 25.6 Å². The maximum atomic E-state index is 11.3. The summed E-state index contributed by atoms with van der Waals surface area (Å²) in [6, 6.07) is 5.29. The van der Waals surface area contributed by atoms with Crippen molar-refractivity contribution in [2.45, 2.75) is 13.3 Å². The maximum absolute atomic E-state index is 11.3. The minimum absolute atomic E-state index is 0.00699. The molecule has 0 radical (unpaired) electrons. The summed E-state index contributed by atoms with van der Waals surface area (Å²) in [6.45, 7) is 2.98. The van der Waals surface area contributed by atoms with Crippen LogP contribution in [0.4, 0.5) is 0 Å². The molecule has 94 valence electrons. The van der Waals surface area contributed by atoms with Gasteiger partial charge in [0.1, 0.15) is 5.75 Å². The van der Waals surface area contributed by atoms with Crippen LogP contribution in [-0.2, 0) is 11.2 Å². The summed E-state index contributed by atoms with van der Waals surface area (Å²) in [5.74, 6) is 0.521. The van der Waals surface area contributed by atoms with Gasteiger partial charge >= 0.3 is 0 Å². The Morgan fingerprint density at radius 2 is 2.29 bits per heavy atom. The number of rotatable bonds is 6. The fourth-order valence-electron chi connectivity index (χ4n) is 1.43. The van der Waals surface area contributed by atoms with Gasteiger partial charge in [0.25, 0.3) is 5.91 Å². The van der Waals surface area contributed by atoms with Crippen LogP contribution in [0.25, 0.3) is 0 Å². The highest BCUT2D eigenvalue weighted by atomic mass is 35.5. The third kappa shape index (κ3) is 4.63. The van der Waals surface area contributed by atoms with Gasteiger partial charge in [-0.1, -0.05) is 11.6 Å². The normalized spacial score (nSPS) is 10.1. The molecular formula is C12H17ClN2O2. The molecule has 0 unspecified atom stereocenters. The minimum atomic E-state index is -0.138. The van der Waals surface area contributed by atoms with Gasteiger partial charge in [0, 0.05) is 11.6 Å². The van der Waals surface area contributed by atoms with Crippen LogP contribution in [0.15, 0.2) is 18.2 Å². The third-order valence-electron chi connectivity index (χ3n) is 2.17. The summed E-state index contributed by atoms with van der Waals surface area (Å²) in [4.78, 5) is 11.3. The van der Waals surface area contributed by atoms with Crippen LogP contribution < -0.4 is 15.8 Å². The zero-order valence-corrected chi connectivity index (χ0v) is 10.6. The monoisotopic (exact) mass is 256 g/mol. The van der Waals surface area contributed by atoms with Crippen LogP contribution in [0.2, 0.25) is 5.02 Å². The number of nitrogens with two attached hydrogens (primary N) is 1. The number of likely N-dealkylation sites (N-methyl/N-ethyl adjacent to an activating group) is 1. The predicted molar refractivity (Wildman–Crippen MR) is 68.4 cm³/mol. The fraction of sp³-hybridized carbons (Fsp3) is 0.417. The van der Waals surface area contributed by atoms with E-state index in [1.807, 2.05) is 13.0 Å². The molecule has 4 nitrogen and oxygen atoms in total. The number of hydrogen-bond donors (Lipinski definition) is 2. The highest BCUT2D eigenvalue weighted by Gasteiger charge is 2.06. The molecule has 0 saturated carbocycles. The van der Waals surface area contributed by atoms with E-state index in [1.165, 1.54) is 0 Å². The van der Waals surface area contributed by atoms with E-state index in [9.17, 15) is 4.79 Å². The molecule has 0 aliphatic heterocycles. The molecule has 5 heteroatoms. The molecule has 0 aliphatic carbocycles. The van der Waals surface area contributed by atoms with E-state index in [0.29, 0.717) is 30.3 Å². The lowest BCUT2D eigenvalue weighted by molar-refractivity contribution is -0.122. The number of ether oxygens (including phenoxy) is 1. The predicted octanol–water partition coefficient (Wildman–Crippen LogP) is 1.36. The van der Waals surface area contributed by atoms with Gasteiger partial charge in [0.2, 0.25) is 0 Å². The van der Waals surface area contributed by atoms with E-state index >= 15 is 0 Å². The van der Waals surface area contributed by atoms with E-state index in [0.717, 1.165) is 5.56 Å². The van der Waals surface area contributed by atoms with Gasteiger partial charge in [0.15, 0.2) is 6.61 Å². The first-order valence-electron chi connectivity index (χ1n) is 5.55. The van der Waals surface area contributed by atoms with Gasteiger partial charge in [-0.15, -0.1) is 0 Å². The van der Waals surface area contributed by atoms with Gasteiger partial charge in [-0.25, -0.2) is 0 Å². The molecule has 0 saturated heterocycles. The molecule has 0 atom stereocenters. The Morgan fingerprint density at radius 3 is 2.94 bits per heavy atom. The lowest BCUT2D eigenvalue weighted by atomic mass is 10.1. The number of halogens is 1. The van der Waals surface area contributed by atoms with Crippen molar-refractivity contribution in [1.29, 1.82) is 0 Å². The molecule has 17 heavy (non-hydrogen) atoms. The van der Waals surface area contributed by atoms with Gasteiger partial charge in [-0.05, 0) is 43.7 Å². The Hall–Kier alpha value is -1.26. The lowest BCUT2D eigenvalue weighted by Crippen LogP contribution is -2.28. The van der Waals surface area contributed by atoms with Crippen LogP contribution in [0.1, 0.15) is 12.5 Å². The van der Waals surface area contributed by atoms with Gasteiger partial charge in [-0.2, -0.15) is 0 Å². The lowest BCUT2D eigenvalue weighted by Gasteiger charge is -2.11. The topological polar surface area (TPSA) is 64.3 Å². The van der Waals surface area contributed by atoms with Crippen molar-refractivity contribution in [3.05, 3.63) is 28.8 Å². The molecule has 1 amide bonds. The van der Waals surface area contributed by atoms with E-state index in [-0.39, 0.29) is 12.5 Å². The van der Waals surface area contributed by atoms with Crippen molar-refractivity contribution in [1.82, 2.24) is 5.32 Å². The first kappa shape index (κ1) is 13.8. The summed E-state index contributed by atoms with van der Waals surface area (Å²) in [5.41, 5.74) is 6.43. The fourth-order valence-corrected chi connectivity index (χ4v) is 1.63. The first-order valence-corrected chi connectivity index (χ1v) is 5.93. The van der Waals surface area contributed by atoms with Gasteiger partial charge in [-0.3, -0.25) is 4.79 Å². The van der Waals surface area contributed by atoms with Gasteiger partial charge in [0.05, 0.1) is 0 Å². The second kappa shape index (κ2) is 7.14. The second-order valence-electron chi connectivity index (χ2n) is 3.53. The summed E-state index contributed by atoms with van der Waals surface area (Å²) in [5, 5.41) is 3.30. The van der Waals surface area contributed by atoms with Crippen molar-refractivity contribution in [2.75, 3.05) is 19.7 Å². The van der Waals surface area contributed by atoms with E-state index in [4.69, 9.17) is 22.1 Å². The number of amides is 1. The Kier molecular flexibility index (Phi) is 5.80. The van der Waals surface area contributed by atoms with Crippen LogP contribution in [0.5, 0.6) is 5.75 Å². The quantitative estimate of drug-likeness (QED) is 0.808. The molecule has 0 heterocycles. The van der Waals surface area contributed by atoms with Crippen molar-refractivity contribution < 1.29 is 9.53 Å². The highest BCUT2D eigenvalue weighted by Crippen LogP contribution is 2.23. The van der Waals surface area contributed by atoms with Crippen molar-refractivity contribution in [3.8, 4) is 5.75 Å². The van der Waals surface area contributed by atoms with Crippen molar-refractivity contribution >= 4 is 17.5 Å². The van der Waals surface area contributed by atoms with E-state index in [1.54, 1.807) is 12.1 Å². The summed E-state index contributed by atoms with van der Waals surface area (Å²) in [6.07, 6.45) is 0.672. The molecular weight excluding hydrogens is 240 g/mol. The zero-order valence-electron chi connectivity index (χ0n) is 9.83. The molecule has 0 aromatic heterocycles. The van der Waals surface area contributed by atoms with Crippen molar-refractivity contribution in [3.63, 3.8) is 0 Å². The first-order chi connectivity index (χ1) is 8.17. The van der Waals surface area contributed by atoms with E-state index in [2.05, 4.69) is 5.32 Å². The Labute approximate surface area is 106 Å². The molecule has 0 aliphatic rings. The third-order valence-corrected chi connectivity index (χ3v) is 2.40. The van der Waals surface area contributed by atoms with E-state index < -0.39 is 0 Å². The number of benzene rings is 1. The number of carbonyl (C=O) groups is 1. The summed E-state index contributed by atoms with van der Waals surface area (Å²) < 4.78 is 5.43. The maximum Gasteiger partial charge on any atom is 0.257 e. The summed E-state index contributed by atoms with van der Waals surface area (Å²) in [7, 11) is 0. The number of hydrogen-bond acceptors (Lipinski definition) is 3. The van der Waals surface area contributed by atoms with Crippen molar-refractivity contribution in [2.24, 2.45) is 5.73 Å². The molecule has 1 aromatic rings. The smallest absolute Gasteiger partial charge is 0.257 e. The van der Waals surface area contributed by atoms with Crippen LogP contribution in [0.3, 0.4) is 0 Å². The molecule has 0 bridgehead atoms. The Morgan fingerprint density at radius 1 is 1.53 bits per heavy atom. The molecule has 1 rings (SSSR count). The average molecular weight is 257 g/mol.